The molecule has 3 aliphatic rings. The summed E-state index contributed by atoms with van der Waals surface area (Å²) in [5, 5.41) is 10.2. The SMILES string of the molecule is Cc1cccc(CN2CC[C@@H]3[C@@H](CO[C@@H]3CNC(=O)C3CC3)C2)c1.O=C(O)C(F)(F)F. The second-order valence-electron chi connectivity index (χ2n) is 8.63. The molecule has 0 radical (unpaired) electrons. The molecular weight excluding hydrogens is 413 g/mol. The Morgan fingerprint density at radius 2 is 1.97 bits per heavy atom. The Morgan fingerprint density at radius 3 is 2.58 bits per heavy atom. The molecule has 1 aliphatic carbocycles. The number of fused-ring (bicyclic) bond motifs is 1. The number of ether oxygens (including phenoxy) is 1. The average molecular weight is 442 g/mol. The molecular formula is C22H29F3N2O4. The first-order valence-corrected chi connectivity index (χ1v) is 10.6. The van der Waals surface area contributed by atoms with E-state index in [2.05, 4.69) is 41.4 Å². The normalized spacial score (nSPS) is 25.9. The molecule has 2 saturated heterocycles. The Hall–Kier alpha value is -2.13. The second-order valence-corrected chi connectivity index (χ2v) is 8.63. The topological polar surface area (TPSA) is 78.9 Å². The van der Waals surface area contributed by atoms with Gasteiger partial charge in [0.15, 0.2) is 0 Å². The van der Waals surface area contributed by atoms with Gasteiger partial charge in [-0.15, -0.1) is 0 Å². The minimum atomic E-state index is -5.08. The van der Waals surface area contributed by atoms with E-state index in [0.717, 1.165) is 39.1 Å². The zero-order valence-electron chi connectivity index (χ0n) is 17.5. The summed E-state index contributed by atoms with van der Waals surface area (Å²) in [7, 11) is 0. The number of aliphatic carboxylic acids is 1. The number of rotatable bonds is 5. The molecule has 0 aromatic heterocycles. The van der Waals surface area contributed by atoms with Crippen molar-refractivity contribution < 1.29 is 32.6 Å². The van der Waals surface area contributed by atoms with Crippen molar-refractivity contribution in [2.75, 3.05) is 26.2 Å². The van der Waals surface area contributed by atoms with E-state index >= 15 is 0 Å². The lowest BCUT2D eigenvalue weighted by atomic mass is 9.84. The third-order valence-corrected chi connectivity index (χ3v) is 6.04. The summed E-state index contributed by atoms with van der Waals surface area (Å²) in [4.78, 5) is 23.3. The number of carboxylic acid groups (broad SMARTS) is 1. The first kappa shape index (κ1) is 23.5. The van der Waals surface area contributed by atoms with Crippen LogP contribution in [0.4, 0.5) is 13.2 Å². The van der Waals surface area contributed by atoms with Gasteiger partial charge in [-0.1, -0.05) is 29.8 Å². The third-order valence-electron chi connectivity index (χ3n) is 6.04. The van der Waals surface area contributed by atoms with Gasteiger partial charge in [0.1, 0.15) is 0 Å². The number of piperidine rings is 1. The van der Waals surface area contributed by atoms with Crippen molar-refractivity contribution in [3.8, 4) is 0 Å². The van der Waals surface area contributed by atoms with Crippen LogP contribution in [0.15, 0.2) is 24.3 Å². The third kappa shape index (κ3) is 6.93. The lowest BCUT2D eigenvalue weighted by Crippen LogP contribution is -2.43. The van der Waals surface area contributed by atoms with Crippen LogP contribution in [-0.4, -0.2) is 60.4 Å². The lowest BCUT2D eigenvalue weighted by Gasteiger charge is -2.35. The van der Waals surface area contributed by atoms with E-state index in [-0.39, 0.29) is 12.0 Å². The van der Waals surface area contributed by atoms with Crippen LogP contribution in [0.1, 0.15) is 30.4 Å². The summed E-state index contributed by atoms with van der Waals surface area (Å²) in [5.74, 6) is -1.01. The van der Waals surface area contributed by atoms with Gasteiger partial charge in [0.05, 0.1) is 12.7 Å². The van der Waals surface area contributed by atoms with Gasteiger partial charge in [0.25, 0.3) is 0 Å². The summed E-state index contributed by atoms with van der Waals surface area (Å²) in [5.41, 5.74) is 2.73. The molecule has 2 N–H and O–H groups in total. The zero-order chi connectivity index (χ0) is 22.6. The highest BCUT2D eigenvalue weighted by atomic mass is 19.4. The predicted octanol–water partition coefficient (Wildman–Crippen LogP) is 2.99. The number of hydrogen-bond acceptors (Lipinski definition) is 4. The van der Waals surface area contributed by atoms with E-state index < -0.39 is 12.1 Å². The highest BCUT2D eigenvalue weighted by Gasteiger charge is 2.41. The summed E-state index contributed by atoms with van der Waals surface area (Å²) in [6.45, 7) is 6.99. The Kier molecular flexibility index (Phi) is 7.59. The Bertz CT molecular complexity index is 782. The van der Waals surface area contributed by atoms with Crippen LogP contribution in [0.5, 0.6) is 0 Å². The van der Waals surface area contributed by atoms with Crippen molar-refractivity contribution in [1.29, 1.82) is 0 Å². The van der Waals surface area contributed by atoms with Gasteiger partial charge >= 0.3 is 12.1 Å². The van der Waals surface area contributed by atoms with Gasteiger partial charge in [-0.25, -0.2) is 4.79 Å². The van der Waals surface area contributed by atoms with Crippen molar-refractivity contribution in [3.05, 3.63) is 35.4 Å². The van der Waals surface area contributed by atoms with Crippen LogP contribution in [0.3, 0.4) is 0 Å². The van der Waals surface area contributed by atoms with Gasteiger partial charge in [0, 0.05) is 31.5 Å². The number of halogens is 3. The summed E-state index contributed by atoms with van der Waals surface area (Å²) < 4.78 is 37.8. The number of carbonyl (C=O) groups excluding carboxylic acids is 1. The summed E-state index contributed by atoms with van der Waals surface area (Å²) in [6, 6.07) is 8.81. The molecule has 1 amide bonds. The van der Waals surface area contributed by atoms with E-state index in [1.807, 2.05) is 0 Å². The van der Waals surface area contributed by atoms with Crippen molar-refractivity contribution in [3.63, 3.8) is 0 Å². The van der Waals surface area contributed by atoms with Gasteiger partial charge < -0.3 is 15.2 Å². The number of benzene rings is 1. The average Bonchev–Trinajstić information content (AvgIpc) is 3.47. The highest BCUT2D eigenvalue weighted by molar-refractivity contribution is 5.80. The Labute approximate surface area is 179 Å². The minimum absolute atomic E-state index is 0.221. The van der Waals surface area contributed by atoms with Crippen molar-refractivity contribution >= 4 is 11.9 Å². The smallest absolute Gasteiger partial charge is 0.475 e. The molecule has 31 heavy (non-hydrogen) atoms. The second kappa shape index (κ2) is 9.99. The minimum Gasteiger partial charge on any atom is -0.475 e. The molecule has 4 rings (SSSR count). The fourth-order valence-corrected chi connectivity index (χ4v) is 4.28. The predicted molar refractivity (Wildman–Crippen MR) is 107 cm³/mol. The van der Waals surface area contributed by atoms with E-state index in [0.29, 0.717) is 24.3 Å². The molecule has 2 aliphatic heterocycles. The van der Waals surface area contributed by atoms with E-state index in [1.54, 1.807) is 0 Å². The van der Waals surface area contributed by atoms with Crippen LogP contribution in [0.2, 0.25) is 0 Å². The van der Waals surface area contributed by atoms with E-state index in [9.17, 15) is 18.0 Å². The lowest BCUT2D eigenvalue weighted by molar-refractivity contribution is -0.192. The number of alkyl halides is 3. The largest absolute Gasteiger partial charge is 0.490 e. The molecule has 3 fully saturated rings. The van der Waals surface area contributed by atoms with Crippen molar-refractivity contribution in [2.24, 2.45) is 17.8 Å². The Morgan fingerprint density at radius 1 is 1.26 bits per heavy atom. The van der Waals surface area contributed by atoms with Crippen LogP contribution >= 0.6 is 0 Å². The number of nitrogens with zero attached hydrogens (tertiary/aromatic N) is 1. The highest BCUT2D eigenvalue weighted by Crippen LogP contribution is 2.35. The number of carboxylic acids is 1. The van der Waals surface area contributed by atoms with Gasteiger partial charge in [-0.05, 0) is 44.2 Å². The summed E-state index contributed by atoms with van der Waals surface area (Å²) in [6.07, 6.45) is -1.55. The Balaban J connectivity index is 0.000000339. The van der Waals surface area contributed by atoms with Gasteiger partial charge in [-0.3, -0.25) is 9.69 Å². The quantitative estimate of drug-likeness (QED) is 0.733. The molecule has 0 bridgehead atoms. The standard InChI is InChI=1S/C20H28N2O2.C2HF3O2/c1-14-3-2-4-15(9-14)11-22-8-7-18-17(12-22)13-24-19(18)10-21-20(23)16-5-6-16;3-2(4,5)1(6)7/h2-4,9,16-19H,5-8,10-13H2,1H3,(H,21,23);(H,6,7)/t17-,18-,19-;/m1./s1. The first-order valence-electron chi connectivity index (χ1n) is 10.6. The number of aryl methyl sites for hydroxylation is 1. The van der Waals surface area contributed by atoms with Crippen molar-refractivity contribution in [2.45, 2.75) is 45.0 Å². The molecule has 9 heteroatoms. The molecule has 6 nitrogen and oxygen atoms in total. The molecule has 0 spiro atoms. The van der Waals surface area contributed by atoms with Gasteiger partial charge in [-0.2, -0.15) is 13.2 Å². The van der Waals surface area contributed by atoms with E-state index in [1.165, 1.54) is 17.5 Å². The number of carbonyl (C=O) groups is 2. The monoisotopic (exact) mass is 442 g/mol. The molecule has 3 atom stereocenters. The first-order chi connectivity index (χ1) is 14.6. The van der Waals surface area contributed by atoms with Gasteiger partial charge in [0.2, 0.25) is 5.91 Å². The fourth-order valence-electron chi connectivity index (χ4n) is 4.28. The molecule has 1 saturated carbocycles. The number of nitrogens with one attached hydrogen (secondary N) is 1. The van der Waals surface area contributed by atoms with E-state index in [4.69, 9.17) is 14.6 Å². The zero-order valence-corrected chi connectivity index (χ0v) is 17.5. The van der Waals surface area contributed by atoms with Crippen LogP contribution < -0.4 is 5.32 Å². The molecule has 1 aromatic rings. The summed E-state index contributed by atoms with van der Waals surface area (Å²) >= 11 is 0. The number of hydrogen-bond donors (Lipinski definition) is 2. The fraction of sp³-hybridized carbons (Fsp3) is 0.636. The maximum Gasteiger partial charge on any atom is 0.490 e. The van der Waals surface area contributed by atoms with Crippen LogP contribution in [0, 0.1) is 24.7 Å². The maximum atomic E-state index is 11.8. The number of likely N-dealkylation sites (tertiary alicyclic amines) is 1. The molecule has 1 aromatic carbocycles. The molecule has 172 valence electrons. The van der Waals surface area contributed by atoms with Crippen LogP contribution in [-0.2, 0) is 20.9 Å². The number of amides is 1. The van der Waals surface area contributed by atoms with Crippen molar-refractivity contribution in [1.82, 2.24) is 10.2 Å². The molecule has 2 heterocycles. The van der Waals surface area contributed by atoms with Crippen LogP contribution in [0.25, 0.3) is 0 Å². The molecule has 0 unspecified atom stereocenters. The maximum absolute atomic E-state index is 11.8.